The molecular weight excluding hydrogens is 223 g/mol. The van der Waals surface area contributed by atoms with Crippen molar-refractivity contribution in [2.75, 3.05) is 0 Å². The molecule has 0 heterocycles. The smallest absolute Gasteiger partial charge is 0.244 e. The molecule has 0 aromatic carbocycles. The van der Waals surface area contributed by atoms with Gasteiger partial charge in [-0.3, -0.25) is 4.79 Å². The minimum Gasteiger partial charge on any atom is -0.387 e. The Balaban J connectivity index is 4.42. The predicted molar refractivity (Wildman–Crippen MR) is 45.4 cm³/mol. The van der Waals surface area contributed by atoms with Crippen LogP contribution in [-0.2, 0) is 4.79 Å². The van der Waals surface area contributed by atoms with Crippen LogP contribution in [0.1, 0.15) is 6.92 Å². The van der Waals surface area contributed by atoms with Crippen LogP contribution in [0.5, 0.6) is 0 Å². The highest BCUT2D eigenvalue weighted by molar-refractivity contribution is 6.47. The third kappa shape index (κ3) is 3.76. The number of hydrogen-bond acceptors (Lipinski definition) is 5. The molecule has 0 aliphatic carbocycles. The summed E-state index contributed by atoms with van der Waals surface area (Å²) in [5, 5.41) is 35.8. The van der Waals surface area contributed by atoms with E-state index in [0.29, 0.717) is 0 Å². The average Bonchev–Trinajstić information content (AvgIpc) is 1.98. The molecule has 7 heteroatoms. The second-order valence-electron chi connectivity index (χ2n) is 2.58. The monoisotopic (exact) mass is 232 g/mol. The highest BCUT2D eigenvalue weighted by Crippen LogP contribution is 2.24. The Labute approximate surface area is 84.5 Å². The number of ketones is 1. The number of hydrogen-bond donors (Lipinski definition) is 4. The minimum absolute atomic E-state index is 0.774. The van der Waals surface area contributed by atoms with Gasteiger partial charge in [-0.25, -0.2) is 0 Å². The molecule has 0 fully saturated rings. The summed E-state index contributed by atoms with van der Waals surface area (Å²) < 4.78 is -2.62. The molecular formula is C6H10Cl2O5. The van der Waals surface area contributed by atoms with Crippen molar-refractivity contribution in [3.05, 3.63) is 0 Å². The van der Waals surface area contributed by atoms with Crippen LogP contribution in [0, 0.1) is 0 Å². The van der Waals surface area contributed by atoms with Gasteiger partial charge in [0.2, 0.25) is 4.52 Å². The Morgan fingerprint density at radius 2 is 1.69 bits per heavy atom. The van der Waals surface area contributed by atoms with Crippen LogP contribution in [0.25, 0.3) is 0 Å². The predicted octanol–water partition coefficient (Wildman–Crippen LogP) is -1.22. The Kier molecular flexibility index (Phi) is 4.58. The molecule has 13 heavy (non-hydrogen) atoms. The van der Waals surface area contributed by atoms with Crippen molar-refractivity contribution in [2.24, 2.45) is 0 Å². The number of alkyl halides is 2. The fourth-order valence-electron chi connectivity index (χ4n) is 0.619. The van der Waals surface area contributed by atoms with Crippen LogP contribution < -0.4 is 0 Å². The maximum atomic E-state index is 10.5. The van der Waals surface area contributed by atoms with Crippen LogP contribution in [-0.4, -0.2) is 49.0 Å². The molecule has 4 N–H and O–H groups in total. The molecule has 0 spiro atoms. The van der Waals surface area contributed by atoms with Gasteiger partial charge in [0.15, 0.2) is 5.78 Å². The molecule has 0 saturated carbocycles. The van der Waals surface area contributed by atoms with Crippen LogP contribution >= 0.6 is 23.2 Å². The molecule has 0 rings (SSSR count). The van der Waals surface area contributed by atoms with Crippen molar-refractivity contribution in [1.29, 1.82) is 0 Å². The standard InChI is InChI=1S/C6H10Cl2O5/c1-2(9)3(10)4(11)5(12)6(7,8)13/h3-5,10-13H,1H3/t3-,4+,5+/m1/s1. The molecule has 3 atom stereocenters. The minimum atomic E-state index is -2.62. The molecule has 0 aliphatic heterocycles. The van der Waals surface area contributed by atoms with Gasteiger partial charge in [0.25, 0.3) is 0 Å². The molecule has 5 nitrogen and oxygen atoms in total. The number of aliphatic hydroxyl groups excluding tert-OH is 3. The van der Waals surface area contributed by atoms with Crippen LogP contribution in [0.2, 0.25) is 0 Å². The topological polar surface area (TPSA) is 98.0 Å². The highest BCUT2D eigenvalue weighted by atomic mass is 35.5. The van der Waals surface area contributed by atoms with Gasteiger partial charge in [-0.1, -0.05) is 23.2 Å². The summed E-state index contributed by atoms with van der Waals surface area (Å²) in [6, 6.07) is 0. The lowest BCUT2D eigenvalue weighted by molar-refractivity contribution is -0.141. The summed E-state index contributed by atoms with van der Waals surface area (Å²) in [6.45, 7) is 1.00. The molecule has 0 saturated heterocycles. The fraction of sp³-hybridized carbons (Fsp3) is 0.833. The van der Waals surface area contributed by atoms with Gasteiger partial charge in [0, 0.05) is 0 Å². The number of carbonyl (C=O) groups excluding carboxylic acids is 1. The maximum Gasteiger partial charge on any atom is 0.244 e. The van der Waals surface area contributed by atoms with Crippen molar-refractivity contribution in [3.8, 4) is 0 Å². The number of carbonyl (C=O) groups is 1. The van der Waals surface area contributed by atoms with E-state index in [1.54, 1.807) is 0 Å². The van der Waals surface area contributed by atoms with Gasteiger partial charge in [-0.2, -0.15) is 0 Å². The molecule has 0 aliphatic rings. The molecule has 0 aromatic heterocycles. The zero-order valence-electron chi connectivity index (χ0n) is 6.69. The van der Waals surface area contributed by atoms with E-state index in [0.717, 1.165) is 6.92 Å². The van der Waals surface area contributed by atoms with Gasteiger partial charge < -0.3 is 20.4 Å². The summed E-state index contributed by atoms with van der Waals surface area (Å²) in [5.74, 6) is -0.774. The first-order chi connectivity index (χ1) is 5.68. The average molecular weight is 233 g/mol. The first-order valence-electron chi connectivity index (χ1n) is 3.32. The SMILES string of the molecule is CC(=O)[C@@H](O)[C@H](O)[C@H](O)C(O)(Cl)Cl. The van der Waals surface area contributed by atoms with Gasteiger partial charge in [-0.15, -0.1) is 0 Å². The normalized spacial score (nSPS) is 19.3. The quantitative estimate of drug-likeness (QED) is 0.456. The van der Waals surface area contributed by atoms with E-state index in [-0.39, 0.29) is 0 Å². The highest BCUT2D eigenvalue weighted by Gasteiger charge is 2.40. The van der Waals surface area contributed by atoms with Crippen LogP contribution in [0.15, 0.2) is 0 Å². The van der Waals surface area contributed by atoms with Crippen molar-refractivity contribution >= 4 is 29.0 Å². The van der Waals surface area contributed by atoms with E-state index >= 15 is 0 Å². The first-order valence-corrected chi connectivity index (χ1v) is 4.08. The molecule has 0 bridgehead atoms. The van der Waals surface area contributed by atoms with Crippen molar-refractivity contribution in [2.45, 2.75) is 29.8 Å². The van der Waals surface area contributed by atoms with Crippen LogP contribution in [0.4, 0.5) is 0 Å². The third-order valence-electron chi connectivity index (χ3n) is 1.42. The molecule has 78 valence electrons. The summed E-state index contributed by atoms with van der Waals surface area (Å²) in [6.07, 6.45) is -5.80. The van der Waals surface area contributed by atoms with E-state index in [9.17, 15) is 4.79 Å². The molecule has 0 aromatic rings. The van der Waals surface area contributed by atoms with Gasteiger partial charge in [0.1, 0.15) is 18.3 Å². The van der Waals surface area contributed by atoms with Crippen LogP contribution in [0.3, 0.4) is 0 Å². The fourth-order valence-corrected chi connectivity index (χ4v) is 0.877. The number of Topliss-reactive ketones (excluding diaryl/α,β-unsaturated/α-hetero) is 1. The Morgan fingerprint density at radius 1 is 1.31 bits per heavy atom. The zero-order chi connectivity index (χ0) is 10.8. The Bertz CT molecular complexity index is 190. The lowest BCUT2D eigenvalue weighted by Crippen LogP contribution is -2.49. The summed E-state index contributed by atoms with van der Waals surface area (Å²) >= 11 is 10.0. The zero-order valence-corrected chi connectivity index (χ0v) is 8.20. The maximum absolute atomic E-state index is 10.5. The van der Waals surface area contributed by atoms with Gasteiger partial charge >= 0.3 is 0 Å². The number of rotatable bonds is 4. The second kappa shape index (κ2) is 4.54. The van der Waals surface area contributed by atoms with E-state index < -0.39 is 28.6 Å². The molecule has 0 unspecified atom stereocenters. The van der Waals surface area contributed by atoms with Gasteiger partial charge in [0.05, 0.1) is 0 Å². The second-order valence-corrected chi connectivity index (χ2v) is 3.92. The number of halogens is 2. The number of aliphatic hydroxyl groups is 4. The molecule has 0 radical (unpaired) electrons. The van der Waals surface area contributed by atoms with E-state index in [1.165, 1.54) is 0 Å². The molecule has 0 amide bonds. The Hall–Kier alpha value is 0.0900. The summed E-state index contributed by atoms with van der Waals surface area (Å²) in [5.41, 5.74) is 0. The van der Waals surface area contributed by atoms with Crippen molar-refractivity contribution in [1.82, 2.24) is 0 Å². The third-order valence-corrected chi connectivity index (χ3v) is 1.87. The van der Waals surface area contributed by atoms with Crippen molar-refractivity contribution < 1.29 is 25.2 Å². The van der Waals surface area contributed by atoms with E-state index in [4.69, 9.17) is 43.6 Å². The lowest BCUT2D eigenvalue weighted by atomic mass is 10.1. The Morgan fingerprint density at radius 3 is 1.92 bits per heavy atom. The summed E-state index contributed by atoms with van der Waals surface area (Å²) in [4.78, 5) is 10.5. The van der Waals surface area contributed by atoms with Gasteiger partial charge in [-0.05, 0) is 6.92 Å². The first kappa shape index (κ1) is 13.1. The lowest BCUT2D eigenvalue weighted by Gasteiger charge is -2.26. The summed E-state index contributed by atoms with van der Waals surface area (Å²) in [7, 11) is 0. The van der Waals surface area contributed by atoms with E-state index in [2.05, 4.69) is 0 Å². The van der Waals surface area contributed by atoms with Crippen molar-refractivity contribution in [3.63, 3.8) is 0 Å². The largest absolute Gasteiger partial charge is 0.387 e. The van der Waals surface area contributed by atoms with E-state index in [1.807, 2.05) is 0 Å².